The van der Waals surface area contributed by atoms with Crippen LogP contribution >= 0.6 is 22.9 Å². The molecular weight excluding hydrogens is 308 g/mol. The van der Waals surface area contributed by atoms with Crippen LogP contribution in [0.2, 0.25) is 0 Å². The molecule has 1 heterocycles. The van der Waals surface area contributed by atoms with E-state index in [-0.39, 0.29) is 12.5 Å². The Morgan fingerprint density at radius 2 is 2.33 bits per heavy atom. The third-order valence-corrected chi connectivity index (χ3v) is 3.88. The number of aromatic nitrogens is 1. The fraction of sp³-hybridized carbons (Fsp3) is 0.333. The first-order valence-corrected chi connectivity index (χ1v) is 8.12. The second kappa shape index (κ2) is 8.12. The number of amides is 1. The van der Waals surface area contributed by atoms with E-state index < -0.39 is 0 Å². The normalized spacial score (nSPS) is 10.6. The third kappa shape index (κ3) is 4.81. The van der Waals surface area contributed by atoms with Gasteiger partial charge in [-0.1, -0.05) is 19.1 Å². The molecule has 0 spiro atoms. The Balaban J connectivity index is 2.02. The van der Waals surface area contributed by atoms with Crippen LogP contribution in [-0.2, 0) is 15.4 Å². The summed E-state index contributed by atoms with van der Waals surface area (Å²) in [5, 5.41) is 5.65. The first-order valence-electron chi connectivity index (χ1n) is 6.71. The summed E-state index contributed by atoms with van der Waals surface area (Å²) in [5.41, 5.74) is 2.56. The van der Waals surface area contributed by atoms with Crippen molar-refractivity contribution in [3.05, 3.63) is 35.3 Å². The summed E-state index contributed by atoms with van der Waals surface area (Å²) in [6.07, 6.45) is 0.899. The minimum atomic E-state index is -0.152. The number of thiazole rings is 1. The second-order valence-corrected chi connectivity index (χ2v) is 5.58. The monoisotopic (exact) mass is 324 g/mol. The van der Waals surface area contributed by atoms with Gasteiger partial charge in [0, 0.05) is 23.2 Å². The Morgan fingerprint density at radius 3 is 3.05 bits per heavy atom. The molecule has 0 saturated heterocycles. The molecule has 2 rings (SSSR count). The Kier molecular flexibility index (Phi) is 6.17. The molecule has 0 unspecified atom stereocenters. The molecule has 21 heavy (non-hydrogen) atoms. The van der Waals surface area contributed by atoms with Crippen LogP contribution in [0.5, 0.6) is 0 Å². The Bertz CT molecular complexity index is 601. The van der Waals surface area contributed by atoms with E-state index >= 15 is 0 Å². The van der Waals surface area contributed by atoms with Crippen molar-refractivity contribution in [1.29, 1.82) is 0 Å². The molecule has 0 fully saturated rings. The minimum absolute atomic E-state index is 0.0751. The van der Waals surface area contributed by atoms with Gasteiger partial charge in [-0.25, -0.2) is 4.98 Å². The van der Waals surface area contributed by atoms with E-state index in [9.17, 15) is 4.79 Å². The van der Waals surface area contributed by atoms with Crippen LogP contribution in [-0.4, -0.2) is 24.1 Å². The van der Waals surface area contributed by atoms with Crippen LogP contribution in [0, 0.1) is 0 Å². The van der Waals surface area contributed by atoms with Crippen LogP contribution in [0.3, 0.4) is 0 Å². The van der Waals surface area contributed by atoms with Crippen molar-refractivity contribution in [3.8, 4) is 10.6 Å². The van der Waals surface area contributed by atoms with Crippen LogP contribution in [0.15, 0.2) is 29.6 Å². The smallest absolute Gasteiger partial charge is 0.250 e. The van der Waals surface area contributed by atoms with Crippen molar-refractivity contribution in [2.45, 2.75) is 19.2 Å². The van der Waals surface area contributed by atoms with Crippen molar-refractivity contribution in [2.24, 2.45) is 0 Å². The number of nitrogens with zero attached hydrogens (tertiary/aromatic N) is 1. The van der Waals surface area contributed by atoms with Gasteiger partial charge in [-0.2, -0.15) is 0 Å². The molecule has 6 heteroatoms. The van der Waals surface area contributed by atoms with Crippen molar-refractivity contribution in [3.63, 3.8) is 0 Å². The Morgan fingerprint density at radius 1 is 1.48 bits per heavy atom. The molecule has 1 N–H and O–H groups in total. The zero-order valence-corrected chi connectivity index (χ0v) is 13.3. The van der Waals surface area contributed by atoms with E-state index in [2.05, 4.69) is 10.3 Å². The molecule has 2 aromatic rings. The number of anilines is 1. The predicted octanol–water partition coefficient (Wildman–Crippen LogP) is 3.91. The summed E-state index contributed by atoms with van der Waals surface area (Å²) in [7, 11) is 0. The Labute approximate surface area is 133 Å². The number of rotatable bonds is 7. The first kappa shape index (κ1) is 15.9. The van der Waals surface area contributed by atoms with Gasteiger partial charge in [0.25, 0.3) is 0 Å². The molecule has 0 atom stereocenters. The SMILES string of the molecule is CCCOCC(=O)Nc1cccc(-c2nc(CCl)cs2)c1. The highest BCUT2D eigenvalue weighted by Gasteiger charge is 2.07. The van der Waals surface area contributed by atoms with E-state index in [1.165, 1.54) is 11.3 Å². The summed E-state index contributed by atoms with van der Waals surface area (Å²) in [6.45, 7) is 2.67. The lowest BCUT2D eigenvalue weighted by Gasteiger charge is -2.06. The molecular formula is C15H17ClN2O2S. The summed E-state index contributed by atoms with van der Waals surface area (Å²) in [5.74, 6) is 0.253. The van der Waals surface area contributed by atoms with Crippen LogP contribution in [0.1, 0.15) is 19.0 Å². The number of ether oxygens (including phenoxy) is 1. The molecule has 0 aliphatic heterocycles. The molecule has 1 amide bonds. The molecule has 0 radical (unpaired) electrons. The van der Waals surface area contributed by atoms with Gasteiger partial charge >= 0.3 is 0 Å². The molecule has 1 aromatic heterocycles. The van der Waals surface area contributed by atoms with Crippen molar-refractivity contribution in [2.75, 3.05) is 18.5 Å². The maximum absolute atomic E-state index is 11.7. The lowest BCUT2D eigenvalue weighted by molar-refractivity contribution is -0.120. The maximum atomic E-state index is 11.7. The highest BCUT2D eigenvalue weighted by molar-refractivity contribution is 7.13. The fourth-order valence-electron chi connectivity index (χ4n) is 1.74. The van der Waals surface area contributed by atoms with Gasteiger partial charge in [-0.05, 0) is 18.6 Å². The van der Waals surface area contributed by atoms with Crippen LogP contribution < -0.4 is 5.32 Å². The summed E-state index contributed by atoms with van der Waals surface area (Å²) < 4.78 is 5.21. The highest BCUT2D eigenvalue weighted by atomic mass is 35.5. The molecule has 0 aliphatic rings. The standard InChI is InChI=1S/C15H17ClN2O2S/c1-2-6-20-9-14(19)17-12-5-3-4-11(7-12)15-18-13(8-16)10-21-15/h3-5,7,10H,2,6,8-9H2,1H3,(H,17,19). The van der Waals surface area contributed by atoms with E-state index in [0.29, 0.717) is 12.5 Å². The fourth-order valence-corrected chi connectivity index (χ4v) is 2.78. The molecule has 112 valence electrons. The number of carbonyl (C=O) groups is 1. The number of carbonyl (C=O) groups excluding carboxylic acids is 1. The third-order valence-electron chi connectivity index (χ3n) is 2.66. The molecule has 0 bridgehead atoms. The maximum Gasteiger partial charge on any atom is 0.250 e. The van der Waals surface area contributed by atoms with E-state index in [4.69, 9.17) is 16.3 Å². The van der Waals surface area contributed by atoms with E-state index in [1.807, 2.05) is 36.6 Å². The molecule has 0 aliphatic carbocycles. The van der Waals surface area contributed by atoms with Gasteiger partial charge in [-0.15, -0.1) is 22.9 Å². The molecule has 0 saturated carbocycles. The van der Waals surface area contributed by atoms with Gasteiger partial charge in [0.05, 0.1) is 11.6 Å². The lowest BCUT2D eigenvalue weighted by atomic mass is 10.2. The number of benzene rings is 1. The quantitative estimate of drug-likeness (QED) is 0.620. The average molecular weight is 325 g/mol. The largest absolute Gasteiger partial charge is 0.372 e. The molecule has 4 nitrogen and oxygen atoms in total. The lowest BCUT2D eigenvalue weighted by Crippen LogP contribution is -2.18. The number of alkyl halides is 1. The summed E-state index contributed by atoms with van der Waals surface area (Å²) in [4.78, 5) is 16.1. The van der Waals surface area contributed by atoms with Gasteiger partial charge < -0.3 is 10.1 Å². The highest BCUT2D eigenvalue weighted by Crippen LogP contribution is 2.26. The molecule has 1 aromatic carbocycles. The van der Waals surface area contributed by atoms with Crippen molar-refractivity contribution >= 4 is 34.5 Å². The number of hydrogen-bond acceptors (Lipinski definition) is 4. The minimum Gasteiger partial charge on any atom is -0.372 e. The first-order chi connectivity index (χ1) is 10.2. The number of hydrogen-bond donors (Lipinski definition) is 1. The second-order valence-electron chi connectivity index (χ2n) is 4.46. The zero-order chi connectivity index (χ0) is 15.1. The van der Waals surface area contributed by atoms with Crippen molar-refractivity contribution < 1.29 is 9.53 Å². The summed E-state index contributed by atoms with van der Waals surface area (Å²) >= 11 is 7.30. The van der Waals surface area contributed by atoms with Crippen molar-refractivity contribution in [1.82, 2.24) is 4.98 Å². The summed E-state index contributed by atoms with van der Waals surface area (Å²) in [6, 6.07) is 7.59. The van der Waals surface area contributed by atoms with Gasteiger partial charge in [-0.3, -0.25) is 4.79 Å². The zero-order valence-electron chi connectivity index (χ0n) is 11.8. The Hall–Kier alpha value is -1.43. The van der Waals surface area contributed by atoms with Gasteiger partial charge in [0.15, 0.2) is 0 Å². The predicted molar refractivity (Wildman–Crippen MR) is 86.8 cm³/mol. The topological polar surface area (TPSA) is 51.2 Å². The van der Waals surface area contributed by atoms with Crippen LogP contribution in [0.25, 0.3) is 10.6 Å². The van der Waals surface area contributed by atoms with E-state index in [0.717, 1.165) is 28.4 Å². The van der Waals surface area contributed by atoms with Gasteiger partial charge in [0.2, 0.25) is 5.91 Å². The van der Waals surface area contributed by atoms with Gasteiger partial charge in [0.1, 0.15) is 11.6 Å². The number of nitrogens with one attached hydrogen (secondary N) is 1. The average Bonchev–Trinajstić information content (AvgIpc) is 2.97. The van der Waals surface area contributed by atoms with Crippen LogP contribution in [0.4, 0.5) is 5.69 Å². The number of halogens is 1. The van der Waals surface area contributed by atoms with E-state index in [1.54, 1.807) is 0 Å².